The minimum Gasteiger partial charge on any atom is -0.480 e. The van der Waals surface area contributed by atoms with Gasteiger partial charge in [0.05, 0.1) is 0 Å². The lowest BCUT2D eigenvalue weighted by atomic mass is 10.0. The minimum absolute atomic E-state index is 0.154. The number of amides is 1. The Hall–Kier alpha value is -1.95. The van der Waals surface area contributed by atoms with E-state index in [2.05, 4.69) is 5.32 Å². The number of halogens is 3. The van der Waals surface area contributed by atoms with Gasteiger partial charge in [-0.05, 0) is 42.3 Å². The number of aliphatic carboxylic acids is 1. The molecule has 156 valence electrons. The highest BCUT2D eigenvalue weighted by molar-refractivity contribution is 6.30. The van der Waals surface area contributed by atoms with Crippen molar-refractivity contribution in [2.75, 3.05) is 29.7 Å². The molecule has 0 aromatic heterocycles. The van der Waals surface area contributed by atoms with Crippen molar-refractivity contribution in [3.63, 3.8) is 0 Å². The Morgan fingerprint density at radius 1 is 1.07 bits per heavy atom. The second kappa shape index (κ2) is 11.3. The van der Waals surface area contributed by atoms with Crippen molar-refractivity contribution in [3.05, 3.63) is 64.2 Å². The van der Waals surface area contributed by atoms with Crippen molar-refractivity contribution in [2.24, 2.45) is 0 Å². The molecule has 5 nitrogen and oxygen atoms in total. The van der Waals surface area contributed by atoms with Gasteiger partial charge in [-0.1, -0.05) is 29.8 Å². The lowest BCUT2D eigenvalue weighted by Gasteiger charge is -2.25. The van der Waals surface area contributed by atoms with Crippen LogP contribution in [0.4, 0.5) is 5.69 Å². The molecule has 0 aliphatic rings. The van der Waals surface area contributed by atoms with E-state index in [1.54, 1.807) is 36.4 Å². The Labute approximate surface area is 185 Å². The Morgan fingerprint density at radius 2 is 1.69 bits per heavy atom. The van der Waals surface area contributed by atoms with Crippen molar-refractivity contribution < 1.29 is 14.7 Å². The molecule has 2 aromatic carbocycles. The number of benzene rings is 2. The van der Waals surface area contributed by atoms with Crippen molar-refractivity contribution >= 4 is 52.4 Å². The average Bonchev–Trinajstić information content (AvgIpc) is 2.69. The summed E-state index contributed by atoms with van der Waals surface area (Å²) in [6.45, 7) is 3.12. The second-order valence-electron chi connectivity index (χ2n) is 6.56. The highest BCUT2D eigenvalue weighted by atomic mass is 35.5. The first-order valence-electron chi connectivity index (χ1n) is 9.11. The molecule has 1 atom stereocenters. The average molecular weight is 458 g/mol. The summed E-state index contributed by atoms with van der Waals surface area (Å²) in [5, 5.41) is 12.7. The number of carboxylic acids is 1. The smallest absolute Gasteiger partial charge is 0.326 e. The molecule has 0 spiro atoms. The fraction of sp³-hybridized carbons (Fsp3) is 0.333. The standard InChI is InChI=1S/C21H23Cl3N2O3/c1-14-2-5-16(13-19(14)26(10-8-22)11-9-23)20(27)25-18(21(28)29)12-15-3-6-17(24)7-4-15/h2-7,13,18H,8-12H2,1H3,(H,25,27)(H,28,29)/t18-/m0/s1. The maximum atomic E-state index is 12.7. The number of rotatable bonds is 10. The molecule has 0 unspecified atom stereocenters. The molecule has 2 aromatic rings. The molecule has 0 saturated carbocycles. The van der Waals surface area contributed by atoms with Gasteiger partial charge in [0.1, 0.15) is 6.04 Å². The SMILES string of the molecule is Cc1ccc(C(=O)N[C@@H](Cc2ccc(Cl)cc2)C(=O)O)cc1N(CCCl)CCCl. The van der Waals surface area contributed by atoms with Crippen LogP contribution in [0.3, 0.4) is 0 Å². The van der Waals surface area contributed by atoms with E-state index in [0.717, 1.165) is 16.8 Å². The van der Waals surface area contributed by atoms with Gasteiger partial charge >= 0.3 is 5.97 Å². The van der Waals surface area contributed by atoms with E-state index < -0.39 is 17.9 Å². The van der Waals surface area contributed by atoms with Gasteiger partial charge in [-0.3, -0.25) is 4.79 Å². The lowest BCUT2D eigenvalue weighted by molar-refractivity contribution is -0.139. The summed E-state index contributed by atoms with van der Waals surface area (Å²) in [5.74, 6) is -0.708. The van der Waals surface area contributed by atoms with Crippen molar-refractivity contribution in [2.45, 2.75) is 19.4 Å². The molecule has 0 bridgehead atoms. The van der Waals surface area contributed by atoms with Gasteiger partial charge in [0, 0.05) is 47.5 Å². The quantitative estimate of drug-likeness (QED) is 0.520. The second-order valence-corrected chi connectivity index (χ2v) is 7.75. The van der Waals surface area contributed by atoms with Crippen molar-refractivity contribution in [1.82, 2.24) is 5.32 Å². The number of carbonyl (C=O) groups is 2. The number of hydrogen-bond acceptors (Lipinski definition) is 3. The molecule has 0 saturated heterocycles. The first kappa shape index (κ1) is 23.3. The Kier molecular flexibility index (Phi) is 9.08. The third kappa shape index (κ3) is 6.81. The van der Waals surface area contributed by atoms with Crippen LogP contribution in [0.1, 0.15) is 21.5 Å². The fourth-order valence-corrected chi connectivity index (χ4v) is 3.48. The predicted octanol–water partition coefficient (Wildman–Crippen LogP) is 4.36. The van der Waals surface area contributed by atoms with E-state index in [4.69, 9.17) is 34.8 Å². The molecule has 0 fully saturated rings. The summed E-state index contributed by atoms with van der Waals surface area (Å²) in [4.78, 5) is 26.4. The molecule has 2 rings (SSSR count). The number of carboxylic acid groups (broad SMARTS) is 1. The van der Waals surface area contributed by atoms with Crippen LogP contribution in [0.25, 0.3) is 0 Å². The van der Waals surface area contributed by atoms with Crippen LogP contribution in [0.15, 0.2) is 42.5 Å². The van der Waals surface area contributed by atoms with E-state index in [1.807, 2.05) is 17.9 Å². The van der Waals surface area contributed by atoms with Crippen LogP contribution in [0.5, 0.6) is 0 Å². The first-order valence-corrected chi connectivity index (χ1v) is 10.6. The number of nitrogens with zero attached hydrogens (tertiary/aromatic N) is 1. The van der Waals surface area contributed by atoms with Crippen LogP contribution in [-0.2, 0) is 11.2 Å². The number of aryl methyl sites for hydroxylation is 1. The van der Waals surface area contributed by atoms with Crippen LogP contribution in [-0.4, -0.2) is 47.9 Å². The van der Waals surface area contributed by atoms with Gasteiger partial charge in [-0.25, -0.2) is 4.79 Å². The summed E-state index contributed by atoms with van der Waals surface area (Å²) in [6, 6.07) is 11.0. The molecule has 0 aliphatic heterocycles. The molecule has 0 radical (unpaired) electrons. The number of anilines is 1. The van der Waals surface area contributed by atoms with Crippen LogP contribution in [0, 0.1) is 6.92 Å². The molecule has 2 N–H and O–H groups in total. The van der Waals surface area contributed by atoms with Crippen LogP contribution < -0.4 is 10.2 Å². The van der Waals surface area contributed by atoms with Gasteiger partial charge < -0.3 is 15.3 Å². The van der Waals surface area contributed by atoms with E-state index >= 15 is 0 Å². The van der Waals surface area contributed by atoms with Gasteiger partial charge in [0.25, 0.3) is 5.91 Å². The zero-order valence-corrected chi connectivity index (χ0v) is 18.3. The Morgan fingerprint density at radius 3 is 2.24 bits per heavy atom. The fourth-order valence-electron chi connectivity index (χ4n) is 2.95. The van der Waals surface area contributed by atoms with E-state index in [1.165, 1.54) is 0 Å². The summed E-state index contributed by atoms with van der Waals surface area (Å²) in [7, 11) is 0. The van der Waals surface area contributed by atoms with Crippen molar-refractivity contribution in [3.8, 4) is 0 Å². The third-order valence-corrected chi connectivity index (χ3v) is 5.07. The van der Waals surface area contributed by atoms with Crippen molar-refractivity contribution in [1.29, 1.82) is 0 Å². The molecular weight excluding hydrogens is 435 g/mol. The van der Waals surface area contributed by atoms with E-state index in [9.17, 15) is 14.7 Å². The third-order valence-electron chi connectivity index (χ3n) is 4.48. The molecular formula is C21H23Cl3N2O3. The van der Waals surface area contributed by atoms with E-state index in [0.29, 0.717) is 35.4 Å². The normalized spacial score (nSPS) is 11.7. The monoisotopic (exact) mass is 456 g/mol. The first-order chi connectivity index (χ1) is 13.8. The highest BCUT2D eigenvalue weighted by Crippen LogP contribution is 2.22. The van der Waals surface area contributed by atoms with Gasteiger partial charge in [0.2, 0.25) is 0 Å². The number of alkyl halides is 2. The van der Waals surface area contributed by atoms with Gasteiger partial charge in [-0.2, -0.15) is 0 Å². The summed E-state index contributed by atoms with van der Waals surface area (Å²) in [5.41, 5.74) is 2.97. The van der Waals surface area contributed by atoms with Crippen LogP contribution in [0.2, 0.25) is 5.02 Å². The van der Waals surface area contributed by atoms with Gasteiger partial charge in [0.15, 0.2) is 0 Å². The number of nitrogens with one attached hydrogen (secondary N) is 1. The topological polar surface area (TPSA) is 69.6 Å². The zero-order chi connectivity index (χ0) is 21.4. The highest BCUT2D eigenvalue weighted by Gasteiger charge is 2.22. The number of carbonyl (C=O) groups excluding carboxylic acids is 1. The Balaban J connectivity index is 2.19. The maximum absolute atomic E-state index is 12.7. The summed E-state index contributed by atoms with van der Waals surface area (Å²) < 4.78 is 0. The molecule has 8 heteroatoms. The summed E-state index contributed by atoms with van der Waals surface area (Å²) >= 11 is 17.6. The Bertz CT molecular complexity index is 838. The lowest BCUT2D eigenvalue weighted by Crippen LogP contribution is -2.42. The zero-order valence-electron chi connectivity index (χ0n) is 16.0. The minimum atomic E-state index is -1.11. The number of hydrogen-bond donors (Lipinski definition) is 2. The van der Waals surface area contributed by atoms with E-state index in [-0.39, 0.29) is 6.42 Å². The molecule has 29 heavy (non-hydrogen) atoms. The predicted molar refractivity (Wildman–Crippen MR) is 119 cm³/mol. The van der Waals surface area contributed by atoms with Gasteiger partial charge in [-0.15, -0.1) is 23.2 Å². The molecule has 0 aliphatic carbocycles. The van der Waals surface area contributed by atoms with Crippen LogP contribution >= 0.6 is 34.8 Å². The summed E-state index contributed by atoms with van der Waals surface area (Å²) in [6.07, 6.45) is 0.154. The molecule has 0 heterocycles. The molecule has 1 amide bonds. The largest absolute Gasteiger partial charge is 0.480 e. The maximum Gasteiger partial charge on any atom is 0.326 e.